The van der Waals surface area contributed by atoms with Crippen molar-refractivity contribution in [2.45, 2.75) is 6.18 Å². The largest absolute Gasteiger partial charge is 0.481 e. The fourth-order valence-corrected chi connectivity index (χ4v) is 1.49. The van der Waals surface area contributed by atoms with Crippen LogP contribution in [0.4, 0.5) is 18.9 Å². The summed E-state index contributed by atoms with van der Waals surface area (Å²) < 4.78 is 37.5. The maximum atomic E-state index is 12.5. The van der Waals surface area contributed by atoms with E-state index in [9.17, 15) is 18.0 Å². The molecule has 0 fully saturated rings. The highest BCUT2D eigenvalue weighted by Gasteiger charge is 2.45. The summed E-state index contributed by atoms with van der Waals surface area (Å²) in [5, 5.41) is 17.2. The van der Waals surface area contributed by atoms with E-state index in [-0.39, 0.29) is 0 Å². The first-order valence-corrected chi connectivity index (χ1v) is 5.26. The smallest absolute Gasteiger partial charge is 0.403 e. The van der Waals surface area contributed by atoms with Crippen LogP contribution in [0.25, 0.3) is 0 Å². The van der Waals surface area contributed by atoms with Crippen LogP contribution in [-0.4, -0.2) is 30.8 Å². The van der Waals surface area contributed by atoms with Crippen LogP contribution in [0.3, 0.4) is 0 Å². The first-order chi connectivity index (χ1) is 8.75. The number of hydrogen-bond acceptors (Lipinski definition) is 3. The van der Waals surface area contributed by atoms with E-state index in [0.717, 1.165) is 0 Å². The zero-order valence-corrected chi connectivity index (χ0v) is 9.98. The molecule has 0 saturated carbocycles. The van der Waals surface area contributed by atoms with Gasteiger partial charge in [-0.1, -0.05) is 0 Å². The van der Waals surface area contributed by atoms with Gasteiger partial charge in [0.2, 0.25) is 0 Å². The Kier molecular flexibility index (Phi) is 4.38. The Morgan fingerprint density at radius 3 is 2.32 bits per heavy atom. The van der Waals surface area contributed by atoms with Gasteiger partial charge in [-0.2, -0.15) is 18.4 Å². The van der Waals surface area contributed by atoms with E-state index in [1.165, 1.54) is 36.2 Å². The Bertz CT molecular complexity index is 491. The van der Waals surface area contributed by atoms with E-state index in [1.54, 1.807) is 0 Å². The predicted molar refractivity (Wildman–Crippen MR) is 61.6 cm³/mol. The lowest BCUT2D eigenvalue weighted by molar-refractivity contribution is -0.191. The van der Waals surface area contributed by atoms with Crippen LogP contribution >= 0.6 is 0 Å². The molecule has 4 nitrogen and oxygen atoms in total. The average Bonchev–Trinajstić information content (AvgIpc) is 2.34. The van der Waals surface area contributed by atoms with Crippen molar-refractivity contribution in [3.05, 3.63) is 29.8 Å². The summed E-state index contributed by atoms with van der Waals surface area (Å²) in [7, 11) is 1.36. The maximum absolute atomic E-state index is 12.5. The van der Waals surface area contributed by atoms with Crippen LogP contribution in [0.1, 0.15) is 5.56 Å². The van der Waals surface area contributed by atoms with Crippen molar-refractivity contribution in [1.82, 2.24) is 0 Å². The van der Waals surface area contributed by atoms with Crippen LogP contribution < -0.4 is 4.90 Å². The number of nitrogens with zero attached hydrogens (tertiary/aromatic N) is 2. The second kappa shape index (κ2) is 5.61. The normalized spacial score (nSPS) is 12.6. The molecule has 102 valence electrons. The zero-order valence-electron chi connectivity index (χ0n) is 9.98. The third-order valence-electron chi connectivity index (χ3n) is 2.59. The molecule has 1 aromatic rings. The summed E-state index contributed by atoms with van der Waals surface area (Å²) in [4.78, 5) is 11.8. The number of rotatable bonds is 4. The molecule has 0 aliphatic rings. The van der Waals surface area contributed by atoms with Gasteiger partial charge in [0.15, 0.2) is 5.92 Å². The number of carboxylic acid groups (broad SMARTS) is 1. The minimum Gasteiger partial charge on any atom is -0.481 e. The van der Waals surface area contributed by atoms with Crippen molar-refractivity contribution in [3.63, 3.8) is 0 Å². The van der Waals surface area contributed by atoms with Crippen LogP contribution in [0, 0.1) is 17.2 Å². The molecular formula is C12H11F3N2O2. The molecule has 0 heterocycles. The van der Waals surface area contributed by atoms with E-state index >= 15 is 0 Å². The van der Waals surface area contributed by atoms with E-state index in [1.807, 2.05) is 6.07 Å². The Hall–Kier alpha value is -2.23. The van der Waals surface area contributed by atoms with Gasteiger partial charge in [-0.3, -0.25) is 4.79 Å². The summed E-state index contributed by atoms with van der Waals surface area (Å²) in [6.07, 6.45) is -4.80. The van der Waals surface area contributed by atoms with Crippen LogP contribution in [0.15, 0.2) is 24.3 Å². The number of nitriles is 1. The monoisotopic (exact) mass is 272 g/mol. The molecule has 0 bridgehead atoms. The van der Waals surface area contributed by atoms with E-state index in [2.05, 4.69) is 0 Å². The van der Waals surface area contributed by atoms with Gasteiger partial charge in [-0.15, -0.1) is 0 Å². The molecule has 1 rings (SSSR count). The molecule has 1 N–H and O–H groups in total. The second-order valence-electron chi connectivity index (χ2n) is 3.97. The van der Waals surface area contributed by atoms with Gasteiger partial charge in [0, 0.05) is 19.3 Å². The Morgan fingerprint density at radius 2 is 1.95 bits per heavy atom. The predicted octanol–water partition coefficient (Wildman–Crippen LogP) is 2.26. The van der Waals surface area contributed by atoms with Gasteiger partial charge >= 0.3 is 12.1 Å². The summed E-state index contributed by atoms with van der Waals surface area (Å²) in [5.74, 6) is -4.36. The molecule has 7 heteroatoms. The van der Waals surface area contributed by atoms with Gasteiger partial charge in [-0.05, 0) is 24.3 Å². The molecule has 1 aromatic carbocycles. The minimum atomic E-state index is -4.80. The summed E-state index contributed by atoms with van der Waals surface area (Å²) in [6, 6.07) is 7.72. The summed E-state index contributed by atoms with van der Waals surface area (Å²) in [5.41, 5.74) is 0.789. The lowest BCUT2D eigenvalue weighted by Crippen LogP contribution is -2.40. The highest BCUT2D eigenvalue weighted by molar-refractivity contribution is 5.72. The van der Waals surface area contributed by atoms with Crippen molar-refractivity contribution in [3.8, 4) is 6.07 Å². The summed E-state index contributed by atoms with van der Waals surface area (Å²) >= 11 is 0. The molecule has 0 spiro atoms. The van der Waals surface area contributed by atoms with Crippen molar-refractivity contribution >= 4 is 11.7 Å². The van der Waals surface area contributed by atoms with Crippen molar-refractivity contribution in [2.75, 3.05) is 18.5 Å². The highest BCUT2D eigenvalue weighted by Crippen LogP contribution is 2.28. The lowest BCUT2D eigenvalue weighted by atomic mass is 10.1. The molecule has 1 unspecified atom stereocenters. The molecular weight excluding hydrogens is 261 g/mol. The Balaban J connectivity index is 2.85. The first-order valence-electron chi connectivity index (χ1n) is 5.26. The SMILES string of the molecule is CN(CC(C(=O)O)C(F)(F)F)c1ccc(C#N)cc1. The quantitative estimate of drug-likeness (QED) is 0.913. The molecule has 0 radical (unpaired) electrons. The third kappa shape index (κ3) is 3.88. The molecule has 0 saturated heterocycles. The number of carbonyl (C=O) groups is 1. The van der Waals surface area contributed by atoms with E-state index < -0.39 is 24.6 Å². The fraction of sp³-hybridized carbons (Fsp3) is 0.333. The summed E-state index contributed by atoms with van der Waals surface area (Å²) in [6.45, 7) is -0.690. The molecule has 0 amide bonds. The van der Waals surface area contributed by atoms with E-state index in [0.29, 0.717) is 11.3 Å². The van der Waals surface area contributed by atoms with Gasteiger partial charge in [-0.25, -0.2) is 0 Å². The lowest BCUT2D eigenvalue weighted by Gasteiger charge is -2.24. The molecule has 0 aliphatic carbocycles. The second-order valence-corrected chi connectivity index (χ2v) is 3.97. The molecule has 0 aromatic heterocycles. The van der Waals surface area contributed by atoms with Crippen molar-refractivity contribution in [2.24, 2.45) is 5.92 Å². The van der Waals surface area contributed by atoms with Crippen molar-refractivity contribution < 1.29 is 23.1 Å². The topological polar surface area (TPSA) is 64.3 Å². The molecule has 0 aliphatic heterocycles. The standard InChI is InChI=1S/C12H11F3N2O2/c1-17(7-10(11(18)19)12(13,14)15)9-4-2-8(6-16)3-5-9/h2-5,10H,7H2,1H3,(H,18,19). The maximum Gasteiger partial charge on any atom is 0.403 e. The van der Waals surface area contributed by atoms with Crippen LogP contribution in [0.2, 0.25) is 0 Å². The Morgan fingerprint density at radius 1 is 1.42 bits per heavy atom. The van der Waals surface area contributed by atoms with E-state index in [4.69, 9.17) is 10.4 Å². The number of carboxylic acids is 1. The van der Waals surface area contributed by atoms with Gasteiger partial charge < -0.3 is 10.0 Å². The minimum absolute atomic E-state index is 0.378. The third-order valence-corrected chi connectivity index (χ3v) is 2.59. The number of anilines is 1. The number of benzene rings is 1. The highest BCUT2D eigenvalue weighted by atomic mass is 19.4. The number of aliphatic carboxylic acids is 1. The van der Waals surface area contributed by atoms with Crippen molar-refractivity contribution in [1.29, 1.82) is 5.26 Å². The van der Waals surface area contributed by atoms with Gasteiger partial charge in [0.1, 0.15) is 0 Å². The molecule has 1 atom stereocenters. The zero-order chi connectivity index (χ0) is 14.6. The average molecular weight is 272 g/mol. The number of halogens is 3. The number of hydrogen-bond donors (Lipinski definition) is 1. The van der Waals surface area contributed by atoms with Crippen LogP contribution in [0.5, 0.6) is 0 Å². The fourth-order valence-electron chi connectivity index (χ4n) is 1.49. The van der Waals surface area contributed by atoms with Crippen LogP contribution in [-0.2, 0) is 4.79 Å². The van der Waals surface area contributed by atoms with Gasteiger partial charge in [0.05, 0.1) is 11.6 Å². The first kappa shape index (κ1) is 14.8. The number of alkyl halides is 3. The molecule has 19 heavy (non-hydrogen) atoms. The Labute approximate surface area is 107 Å². The van der Waals surface area contributed by atoms with Gasteiger partial charge in [0.25, 0.3) is 0 Å².